The molecule has 1 amide bonds. The highest BCUT2D eigenvalue weighted by atomic mass is 32.2. The van der Waals surface area contributed by atoms with Gasteiger partial charge in [-0.25, -0.2) is 21.1 Å². The number of carbonyl (C=O) groups is 1. The molecule has 32 heavy (non-hydrogen) atoms. The number of hydrogen-bond acceptors (Lipinski definition) is 6. The number of para-hydroxylation sites is 3. The molecule has 3 aromatic rings. The van der Waals surface area contributed by atoms with Crippen LogP contribution in [0.3, 0.4) is 0 Å². The Balaban J connectivity index is 1.69. The number of sulfonamides is 2. The SMILES string of the molecule is Cc1ccc(N2C(=O)CCS2(=O)=O)cc1S(=O)(=O)Nc1ccccc1Oc1ccccc1. The van der Waals surface area contributed by atoms with Crippen LogP contribution in [0.2, 0.25) is 0 Å². The van der Waals surface area contributed by atoms with E-state index in [9.17, 15) is 21.6 Å². The van der Waals surface area contributed by atoms with Crippen LogP contribution in [0.25, 0.3) is 0 Å². The van der Waals surface area contributed by atoms with Crippen LogP contribution in [0.1, 0.15) is 12.0 Å². The zero-order chi connectivity index (χ0) is 22.9. The third-order valence-electron chi connectivity index (χ3n) is 4.88. The van der Waals surface area contributed by atoms with Gasteiger partial charge in [0.1, 0.15) is 5.75 Å². The fourth-order valence-corrected chi connectivity index (χ4v) is 6.12. The Bertz CT molecular complexity index is 1390. The van der Waals surface area contributed by atoms with Gasteiger partial charge in [-0.2, -0.15) is 0 Å². The minimum Gasteiger partial charge on any atom is -0.455 e. The average Bonchev–Trinajstić information content (AvgIpc) is 3.03. The molecule has 0 aliphatic carbocycles. The molecule has 4 rings (SSSR count). The van der Waals surface area contributed by atoms with Gasteiger partial charge in [0.25, 0.3) is 10.0 Å². The predicted molar refractivity (Wildman–Crippen MR) is 121 cm³/mol. The number of rotatable bonds is 6. The van der Waals surface area contributed by atoms with Crippen molar-refractivity contribution in [2.24, 2.45) is 0 Å². The quantitative estimate of drug-likeness (QED) is 0.586. The van der Waals surface area contributed by atoms with Crippen LogP contribution < -0.4 is 13.8 Å². The summed E-state index contributed by atoms with van der Waals surface area (Å²) in [4.78, 5) is 12.0. The number of hydrogen-bond donors (Lipinski definition) is 1. The Morgan fingerprint density at radius 2 is 1.66 bits per heavy atom. The summed E-state index contributed by atoms with van der Waals surface area (Å²) in [5.41, 5.74) is 0.602. The zero-order valence-corrected chi connectivity index (χ0v) is 18.7. The van der Waals surface area contributed by atoms with Gasteiger partial charge in [0.2, 0.25) is 15.9 Å². The van der Waals surface area contributed by atoms with E-state index >= 15 is 0 Å². The van der Waals surface area contributed by atoms with Gasteiger partial charge in [-0.05, 0) is 48.9 Å². The summed E-state index contributed by atoms with van der Waals surface area (Å²) in [7, 11) is -7.94. The van der Waals surface area contributed by atoms with Crippen molar-refractivity contribution in [3.8, 4) is 11.5 Å². The molecule has 0 atom stereocenters. The fraction of sp³-hybridized carbons (Fsp3) is 0.136. The zero-order valence-electron chi connectivity index (χ0n) is 17.1. The Hall–Kier alpha value is -3.37. The van der Waals surface area contributed by atoms with E-state index in [0.29, 0.717) is 21.4 Å². The van der Waals surface area contributed by atoms with E-state index in [1.165, 1.54) is 18.2 Å². The van der Waals surface area contributed by atoms with Crippen molar-refractivity contribution in [1.82, 2.24) is 0 Å². The van der Waals surface area contributed by atoms with Crippen molar-refractivity contribution >= 4 is 37.3 Å². The number of nitrogens with one attached hydrogen (secondary N) is 1. The van der Waals surface area contributed by atoms with Gasteiger partial charge in [-0.15, -0.1) is 0 Å². The average molecular weight is 473 g/mol. The molecule has 0 saturated carbocycles. The van der Waals surface area contributed by atoms with E-state index in [-0.39, 0.29) is 28.4 Å². The number of ether oxygens (including phenoxy) is 1. The lowest BCUT2D eigenvalue weighted by molar-refractivity contribution is -0.116. The second-order valence-electron chi connectivity index (χ2n) is 7.19. The van der Waals surface area contributed by atoms with Crippen LogP contribution in [-0.4, -0.2) is 28.5 Å². The third-order valence-corrected chi connectivity index (χ3v) is 8.08. The van der Waals surface area contributed by atoms with Gasteiger partial charge < -0.3 is 4.74 Å². The van der Waals surface area contributed by atoms with E-state index in [0.717, 1.165) is 0 Å². The van der Waals surface area contributed by atoms with Crippen LogP contribution >= 0.6 is 0 Å². The topological polar surface area (TPSA) is 110 Å². The molecule has 1 heterocycles. The summed E-state index contributed by atoms with van der Waals surface area (Å²) in [6.45, 7) is 1.59. The lowest BCUT2D eigenvalue weighted by Gasteiger charge is -2.18. The first-order valence-corrected chi connectivity index (χ1v) is 12.8. The smallest absolute Gasteiger partial charge is 0.262 e. The lowest BCUT2D eigenvalue weighted by atomic mass is 10.2. The predicted octanol–water partition coefficient (Wildman–Crippen LogP) is 3.65. The summed E-state index contributed by atoms with van der Waals surface area (Å²) >= 11 is 0. The number of benzene rings is 3. The van der Waals surface area contributed by atoms with E-state index in [1.807, 2.05) is 6.07 Å². The van der Waals surface area contributed by atoms with Gasteiger partial charge in [0.05, 0.1) is 22.0 Å². The van der Waals surface area contributed by atoms with Crippen molar-refractivity contribution in [2.45, 2.75) is 18.2 Å². The molecule has 0 spiro atoms. The molecule has 0 bridgehead atoms. The Morgan fingerprint density at radius 3 is 2.34 bits per heavy atom. The highest BCUT2D eigenvalue weighted by Gasteiger charge is 2.37. The molecule has 0 aromatic heterocycles. The van der Waals surface area contributed by atoms with Crippen LogP contribution in [0, 0.1) is 6.92 Å². The van der Waals surface area contributed by atoms with Crippen molar-refractivity contribution in [3.05, 3.63) is 78.4 Å². The summed E-state index contributed by atoms with van der Waals surface area (Å²) in [5.74, 6) is -0.0558. The largest absolute Gasteiger partial charge is 0.455 e. The summed E-state index contributed by atoms with van der Waals surface area (Å²) in [6, 6.07) is 19.6. The molecule has 1 fully saturated rings. The summed E-state index contributed by atoms with van der Waals surface area (Å²) < 4.78 is 59.9. The number of amides is 1. The van der Waals surface area contributed by atoms with E-state index in [4.69, 9.17) is 4.74 Å². The molecule has 1 N–H and O–H groups in total. The molecule has 0 radical (unpaired) electrons. The molecule has 1 aliphatic rings. The van der Waals surface area contributed by atoms with Crippen molar-refractivity contribution in [2.75, 3.05) is 14.8 Å². The number of nitrogens with zero attached hydrogens (tertiary/aromatic N) is 1. The highest BCUT2D eigenvalue weighted by molar-refractivity contribution is 7.94. The fourth-order valence-electron chi connectivity index (χ4n) is 3.33. The molecule has 1 saturated heterocycles. The number of aryl methyl sites for hydroxylation is 1. The maximum atomic E-state index is 13.2. The minimum atomic E-state index is -4.13. The van der Waals surface area contributed by atoms with E-state index in [1.54, 1.807) is 55.5 Å². The minimum absolute atomic E-state index is 0.00713. The van der Waals surface area contributed by atoms with Gasteiger partial charge in [0.15, 0.2) is 5.75 Å². The maximum absolute atomic E-state index is 13.2. The van der Waals surface area contributed by atoms with Crippen LogP contribution in [0.15, 0.2) is 77.7 Å². The molecule has 3 aromatic carbocycles. The first-order chi connectivity index (χ1) is 15.2. The molecule has 1 aliphatic heterocycles. The maximum Gasteiger partial charge on any atom is 0.262 e. The first kappa shape index (κ1) is 21.8. The van der Waals surface area contributed by atoms with E-state index in [2.05, 4.69) is 4.72 Å². The van der Waals surface area contributed by atoms with Crippen molar-refractivity contribution < 1.29 is 26.4 Å². The van der Waals surface area contributed by atoms with E-state index < -0.39 is 26.0 Å². The Morgan fingerprint density at radius 1 is 0.969 bits per heavy atom. The summed E-state index contributed by atoms with van der Waals surface area (Å²) in [6.07, 6.45) is -0.138. The highest BCUT2D eigenvalue weighted by Crippen LogP contribution is 2.33. The van der Waals surface area contributed by atoms with Crippen molar-refractivity contribution in [3.63, 3.8) is 0 Å². The molecule has 10 heteroatoms. The number of carbonyl (C=O) groups excluding carboxylic acids is 1. The van der Waals surface area contributed by atoms with Gasteiger partial charge in [0, 0.05) is 6.42 Å². The molecule has 8 nitrogen and oxygen atoms in total. The second kappa shape index (κ2) is 8.29. The Kier molecular flexibility index (Phi) is 5.66. The first-order valence-electron chi connectivity index (χ1n) is 9.69. The van der Waals surface area contributed by atoms with Gasteiger partial charge >= 0.3 is 0 Å². The third kappa shape index (κ3) is 4.32. The normalized spacial score (nSPS) is 15.5. The molecular formula is C22H20N2O6S2. The number of anilines is 2. The lowest BCUT2D eigenvalue weighted by Crippen LogP contribution is -2.29. The Labute approximate surface area is 186 Å². The molecular weight excluding hydrogens is 452 g/mol. The standard InChI is InChI=1S/C22H20N2O6S2/c1-16-11-12-17(24-22(25)13-14-31(24,26)27)15-21(16)32(28,29)23-19-9-5-6-10-20(19)30-18-7-3-2-4-8-18/h2-12,15,23H,13-14H2,1H3. The van der Waals surface area contributed by atoms with Crippen LogP contribution in [-0.2, 0) is 24.8 Å². The monoisotopic (exact) mass is 472 g/mol. The second-order valence-corrected chi connectivity index (χ2v) is 10.8. The van der Waals surface area contributed by atoms with Gasteiger partial charge in [-0.1, -0.05) is 36.4 Å². The van der Waals surface area contributed by atoms with Gasteiger partial charge in [-0.3, -0.25) is 9.52 Å². The summed E-state index contributed by atoms with van der Waals surface area (Å²) in [5, 5.41) is 0. The van der Waals surface area contributed by atoms with Crippen LogP contribution in [0.5, 0.6) is 11.5 Å². The molecule has 166 valence electrons. The van der Waals surface area contributed by atoms with Crippen molar-refractivity contribution in [1.29, 1.82) is 0 Å². The van der Waals surface area contributed by atoms with Crippen LogP contribution in [0.4, 0.5) is 11.4 Å². The molecule has 0 unspecified atom stereocenters.